The van der Waals surface area contributed by atoms with Crippen LogP contribution in [0.1, 0.15) is 53.3 Å². The van der Waals surface area contributed by atoms with Gasteiger partial charge in [-0.05, 0) is 56.9 Å². The summed E-state index contributed by atoms with van der Waals surface area (Å²) in [6, 6.07) is 9.64. The summed E-state index contributed by atoms with van der Waals surface area (Å²) in [5, 5.41) is 12.7. The average molecular weight is 694 g/mol. The Labute approximate surface area is 285 Å². The average Bonchev–Trinajstić information content (AvgIpc) is 3.72. The summed E-state index contributed by atoms with van der Waals surface area (Å²) < 4.78 is 0. The Balaban J connectivity index is 0.000000188. The summed E-state index contributed by atoms with van der Waals surface area (Å²) >= 11 is 12.3. The summed E-state index contributed by atoms with van der Waals surface area (Å²) in [5.41, 5.74) is 22.6. The standard InChI is InChI=1S/C16H16ClN5O3.C16H18ClN5O/c17-11-7-20-13(21-16(18)19)10-6-8(3-4-9(10)11)14(23)22-5-1-2-12(22)15(24)25;1-9-3-2-6-22(9)15(23)10-4-5-11-12(7-10)14(21-16(18)19)20-8-13(11)17/h3-4,6-7,12H,1-2,5H2,(H,24,25)(H4,18,19,20,21);4-5,7-9H,2-3,6H2,1H3,(H4,18,19,20,21). The fraction of sp³-hybridized carbons (Fsp3) is 0.281. The van der Waals surface area contributed by atoms with Gasteiger partial charge in [0.25, 0.3) is 11.8 Å². The molecule has 0 aliphatic carbocycles. The van der Waals surface area contributed by atoms with E-state index in [0.29, 0.717) is 62.5 Å². The van der Waals surface area contributed by atoms with Crippen molar-refractivity contribution < 1.29 is 19.5 Å². The Morgan fingerprint density at radius 1 is 0.750 bits per heavy atom. The summed E-state index contributed by atoms with van der Waals surface area (Å²) in [4.78, 5) is 56.2. The van der Waals surface area contributed by atoms with Gasteiger partial charge < -0.3 is 37.8 Å². The molecule has 16 heteroatoms. The number of aromatic nitrogens is 2. The van der Waals surface area contributed by atoms with Crippen LogP contribution in [0.5, 0.6) is 0 Å². The van der Waals surface area contributed by atoms with Crippen LogP contribution >= 0.6 is 23.2 Å². The summed E-state index contributed by atoms with van der Waals surface area (Å²) in [6.07, 6.45) is 6.09. The molecule has 0 saturated carbocycles. The van der Waals surface area contributed by atoms with Crippen molar-refractivity contribution >= 4 is 86.1 Å². The lowest BCUT2D eigenvalue weighted by molar-refractivity contribution is -0.141. The van der Waals surface area contributed by atoms with Gasteiger partial charge in [0.15, 0.2) is 23.6 Å². The van der Waals surface area contributed by atoms with Gasteiger partial charge in [0.05, 0.1) is 10.0 Å². The molecule has 4 heterocycles. The van der Waals surface area contributed by atoms with Gasteiger partial charge in [0.1, 0.15) is 6.04 Å². The van der Waals surface area contributed by atoms with E-state index in [-0.39, 0.29) is 35.6 Å². The fourth-order valence-corrected chi connectivity index (χ4v) is 6.34. The second-order valence-electron chi connectivity index (χ2n) is 11.4. The monoisotopic (exact) mass is 692 g/mol. The number of carboxylic acid groups (broad SMARTS) is 1. The number of carboxylic acids is 1. The molecule has 2 unspecified atom stereocenters. The first-order chi connectivity index (χ1) is 22.8. The van der Waals surface area contributed by atoms with E-state index >= 15 is 0 Å². The third kappa shape index (κ3) is 7.19. The van der Waals surface area contributed by atoms with Gasteiger partial charge in [-0.3, -0.25) is 9.59 Å². The van der Waals surface area contributed by atoms with Gasteiger partial charge in [-0.25, -0.2) is 14.8 Å². The third-order valence-electron chi connectivity index (χ3n) is 8.21. The summed E-state index contributed by atoms with van der Waals surface area (Å²) in [5.74, 6) is -1.02. The largest absolute Gasteiger partial charge is 0.480 e. The molecular formula is C32H34Cl2N10O4. The maximum atomic E-state index is 12.7. The molecule has 2 aliphatic heterocycles. The zero-order valence-corrected chi connectivity index (χ0v) is 27.4. The SMILES string of the molecule is CC1CCCN1C(=O)c1ccc2c(Cl)cnc(N=C(N)N)c2c1.NC(N)=Nc1ncc(Cl)c2ccc(C(=O)N3CCCC3C(=O)O)cc12. The number of fused-ring (bicyclic) bond motifs is 2. The lowest BCUT2D eigenvalue weighted by Crippen LogP contribution is -2.40. The van der Waals surface area contributed by atoms with Crippen LogP contribution in [0.15, 0.2) is 58.8 Å². The summed E-state index contributed by atoms with van der Waals surface area (Å²) in [7, 11) is 0. The van der Waals surface area contributed by atoms with Crippen molar-refractivity contribution in [2.24, 2.45) is 32.9 Å². The highest BCUT2D eigenvalue weighted by Crippen LogP contribution is 2.33. The number of halogens is 2. The normalized spacial score (nSPS) is 17.1. The minimum atomic E-state index is -1.00. The molecule has 2 saturated heterocycles. The van der Waals surface area contributed by atoms with Crippen LogP contribution < -0.4 is 22.9 Å². The number of likely N-dealkylation sites (tertiary alicyclic amines) is 2. The molecule has 48 heavy (non-hydrogen) atoms. The molecule has 250 valence electrons. The zero-order valence-electron chi connectivity index (χ0n) is 25.9. The Hall–Kier alpha value is -5.21. The number of guanidine groups is 2. The Morgan fingerprint density at radius 3 is 1.65 bits per heavy atom. The van der Waals surface area contributed by atoms with Gasteiger partial charge in [0, 0.05) is 64.2 Å². The second-order valence-corrected chi connectivity index (χ2v) is 12.3. The first kappa shape index (κ1) is 34.1. The molecule has 9 N–H and O–H groups in total. The van der Waals surface area contributed by atoms with Crippen LogP contribution in [-0.2, 0) is 4.79 Å². The minimum Gasteiger partial charge on any atom is -0.480 e. The molecule has 14 nitrogen and oxygen atoms in total. The molecule has 2 aromatic heterocycles. The second kappa shape index (κ2) is 14.3. The number of carbonyl (C=O) groups is 3. The van der Waals surface area contributed by atoms with Gasteiger partial charge >= 0.3 is 5.97 Å². The lowest BCUT2D eigenvalue weighted by Gasteiger charge is -2.21. The number of nitrogens with zero attached hydrogens (tertiary/aromatic N) is 6. The zero-order chi connectivity index (χ0) is 34.7. The predicted octanol–water partition coefficient (Wildman–Crippen LogP) is 3.90. The van der Waals surface area contributed by atoms with Crippen LogP contribution in [0.25, 0.3) is 21.5 Å². The Bertz CT molecular complexity index is 1980. The number of carbonyl (C=O) groups excluding carboxylic acids is 2. The van der Waals surface area contributed by atoms with Crippen molar-refractivity contribution in [3.63, 3.8) is 0 Å². The van der Waals surface area contributed by atoms with Crippen molar-refractivity contribution in [2.75, 3.05) is 13.1 Å². The molecule has 2 aromatic carbocycles. The maximum Gasteiger partial charge on any atom is 0.326 e. The van der Waals surface area contributed by atoms with Gasteiger partial charge in [0.2, 0.25) is 0 Å². The third-order valence-corrected chi connectivity index (χ3v) is 8.81. The molecule has 2 fully saturated rings. The van der Waals surface area contributed by atoms with E-state index in [4.69, 9.17) is 46.1 Å². The van der Waals surface area contributed by atoms with Gasteiger partial charge in [-0.1, -0.05) is 35.3 Å². The number of nitrogens with two attached hydrogens (primary N) is 4. The number of amides is 2. The Morgan fingerprint density at radius 2 is 1.21 bits per heavy atom. The van der Waals surface area contributed by atoms with E-state index in [1.165, 1.54) is 17.3 Å². The number of benzene rings is 2. The Kier molecular flexibility index (Phi) is 10.2. The maximum absolute atomic E-state index is 12.7. The highest BCUT2D eigenvalue weighted by molar-refractivity contribution is 6.36. The number of aliphatic imine (C=N–C) groups is 2. The molecule has 0 spiro atoms. The van der Waals surface area contributed by atoms with Gasteiger partial charge in [-0.15, -0.1) is 0 Å². The van der Waals surface area contributed by atoms with E-state index in [9.17, 15) is 19.5 Å². The minimum absolute atomic E-state index is 0.00697. The van der Waals surface area contributed by atoms with E-state index in [1.807, 2.05) is 4.90 Å². The van der Waals surface area contributed by atoms with Crippen LogP contribution in [0, 0.1) is 0 Å². The first-order valence-corrected chi connectivity index (χ1v) is 15.8. The van der Waals surface area contributed by atoms with Crippen molar-refractivity contribution in [3.05, 3.63) is 70.0 Å². The molecule has 6 rings (SSSR count). The smallest absolute Gasteiger partial charge is 0.326 e. The highest BCUT2D eigenvalue weighted by Gasteiger charge is 2.34. The highest BCUT2D eigenvalue weighted by atomic mass is 35.5. The molecule has 4 aromatic rings. The van der Waals surface area contributed by atoms with E-state index < -0.39 is 12.0 Å². The van der Waals surface area contributed by atoms with E-state index in [2.05, 4.69) is 26.9 Å². The van der Waals surface area contributed by atoms with E-state index in [0.717, 1.165) is 24.8 Å². The van der Waals surface area contributed by atoms with Crippen molar-refractivity contribution in [3.8, 4) is 0 Å². The first-order valence-electron chi connectivity index (χ1n) is 15.1. The van der Waals surface area contributed by atoms with Gasteiger partial charge in [-0.2, -0.15) is 9.98 Å². The number of aliphatic carboxylic acids is 1. The topological polar surface area (TPSA) is 232 Å². The van der Waals surface area contributed by atoms with E-state index in [1.54, 1.807) is 36.4 Å². The summed E-state index contributed by atoms with van der Waals surface area (Å²) in [6.45, 7) is 3.25. The number of pyridine rings is 2. The van der Waals surface area contributed by atoms with Crippen molar-refractivity contribution in [1.82, 2.24) is 19.8 Å². The molecule has 2 atom stereocenters. The number of hydrogen-bond donors (Lipinski definition) is 5. The molecule has 0 bridgehead atoms. The predicted molar refractivity (Wildman–Crippen MR) is 186 cm³/mol. The molecular weight excluding hydrogens is 659 g/mol. The van der Waals surface area contributed by atoms with Crippen molar-refractivity contribution in [1.29, 1.82) is 0 Å². The van der Waals surface area contributed by atoms with Crippen LogP contribution in [0.4, 0.5) is 11.6 Å². The number of hydrogen-bond acceptors (Lipinski definition) is 7. The molecule has 0 radical (unpaired) electrons. The van der Waals surface area contributed by atoms with Crippen LogP contribution in [0.2, 0.25) is 10.0 Å². The number of rotatable bonds is 5. The lowest BCUT2D eigenvalue weighted by atomic mass is 10.1. The molecule has 2 amide bonds. The van der Waals surface area contributed by atoms with Crippen molar-refractivity contribution in [2.45, 2.75) is 44.7 Å². The van der Waals surface area contributed by atoms with Crippen LogP contribution in [-0.4, -0.2) is 79.8 Å². The molecule has 2 aliphatic rings. The quantitative estimate of drug-likeness (QED) is 0.149. The fourth-order valence-electron chi connectivity index (χ4n) is 5.91. The van der Waals surface area contributed by atoms with Crippen LogP contribution in [0.3, 0.4) is 0 Å².